The number of ether oxygens (including phenoxy) is 1. The number of esters is 1. The van der Waals surface area contributed by atoms with E-state index in [1.54, 1.807) is 4.90 Å². The van der Waals surface area contributed by atoms with E-state index in [1.807, 2.05) is 0 Å². The van der Waals surface area contributed by atoms with Gasteiger partial charge in [0, 0.05) is 13.0 Å². The molecular weight excluding hydrogens is 230 g/mol. The van der Waals surface area contributed by atoms with Crippen molar-refractivity contribution in [3.63, 3.8) is 0 Å². The average molecular weight is 255 g/mol. The molecule has 1 rings (SSSR count). The molecule has 0 aromatic carbocycles. The van der Waals surface area contributed by atoms with Crippen molar-refractivity contribution in [1.82, 2.24) is 4.90 Å². The topological polar surface area (TPSA) is 46.6 Å². The monoisotopic (exact) mass is 255 g/mol. The number of amides is 1. The van der Waals surface area contributed by atoms with Crippen molar-refractivity contribution in [2.45, 2.75) is 52.4 Å². The zero-order valence-corrected chi connectivity index (χ0v) is 11.6. The predicted molar refractivity (Wildman–Crippen MR) is 70.1 cm³/mol. The van der Waals surface area contributed by atoms with E-state index in [2.05, 4.69) is 13.8 Å². The first-order valence-electron chi connectivity index (χ1n) is 7.10. The molecule has 18 heavy (non-hydrogen) atoms. The van der Waals surface area contributed by atoms with E-state index in [0.717, 1.165) is 32.1 Å². The highest BCUT2D eigenvalue weighted by Crippen LogP contribution is 2.20. The Hall–Kier alpha value is -1.06. The number of hydrogen-bond acceptors (Lipinski definition) is 3. The van der Waals surface area contributed by atoms with Crippen LogP contribution in [0.5, 0.6) is 0 Å². The maximum atomic E-state index is 11.9. The maximum absolute atomic E-state index is 11.9. The van der Waals surface area contributed by atoms with Gasteiger partial charge < -0.3 is 9.64 Å². The second kappa shape index (κ2) is 8.11. The van der Waals surface area contributed by atoms with Gasteiger partial charge in [0.1, 0.15) is 6.54 Å². The third-order valence-corrected chi connectivity index (χ3v) is 3.58. The summed E-state index contributed by atoms with van der Waals surface area (Å²) in [6.45, 7) is 5.50. The lowest BCUT2D eigenvalue weighted by Gasteiger charge is -2.19. The van der Waals surface area contributed by atoms with Gasteiger partial charge in [-0.2, -0.15) is 0 Å². The molecule has 0 aliphatic carbocycles. The Morgan fingerprint density at radius 2 is 2.17 bits per heavy atom. The van der Waals surface area contributed by atoms with Gasteiger partial charge in [-0.3, -0.25) is 9.59 Å². The fraction of sp³-hybridized carbons (Fsp3) is 0.857. The normalized spacial score (nSPS) is 20.7. The van der Waals surface area contributed by atoms with Crippen LogP contribution in [0, 0.1) is 5.92 Å². The first-order chi connectivity index (χ1) is 8.67. The molecule has 1 saturated heterocycles. The molecule has 1 aliphatic heterocycles. The molecule has 0 aromatic heterocycles. The van der Waals surface area contributed by atoms with Gasteiger partial charge in [-0.15, -0.1) is 0 Å². The Morgan fingerprint density at radius 3 is 2.83 bits per heavy atom. The largest absolute Gasteiger partial charge is 0.464 e. The van der Waals surface area contributed by atoms with Gasteiger partial charge in [0.15, 0.2) is 0 Å². The van der Waals surface area contributed by atoms with Gasteiger partial charge in [-0.05, 0) is 25.2 Å². The zero-order valence-electron chi connectivity index (χ0n) is 11.6. The minimum atomic E-state index is -0.272. The van der Waals surface area contributed by atoms with Crippen molar-refractivity contribution >= 4 is 11.9 Å². The highest BCUT2D eigenvalue weighted by molar-refractivity contribution is 5.82. The quantitative estimate of drug-likeness (QED) is 0.540. The molecule has 1 heterocycles. The molecule has 1 amide bonds. The molecule has 0 spiro atoms. The second-order valence-electron chi connectivity index (χ2n) is 4.99. The second-order valence-corrected chi connectivity index (χ2v) is 4.99. The van der Waals surface area contributed by atoms with E-state index in [9.17, 15) is 9.59 Å². The van der Waals surface area contributed by atoms with Crippen molar-refractivity contribution in [3.8, 4) is 0 Å². The van der Waals surface area contributed by atoms with E-state index in [-0.39, 0.29) is 18.4 Å². The molecule has 1 unspecified atom stereocenters. The standard InChI is InChI=1S/C14H25NO3/c1-3-5-10-18-14(17)11-15-9-8-12(4-2)6-7-13(15)16/h12H,3-11H2,1-2H3. The Labute approximate surface area is 110 Å². The summed E-state index contributed by atoms with van der Waals surface area (Å²) in [4.78, 5) is 25.1. The van der Waals surface area contributed by atoms with Gasteiger partial charge in [0.2, 0.25) is 5.91 Å². The molecule has 1 fully saturated rings. The summed E-state index contributed by atoms with van der Waals surface area (Å²) in [5, 5.41) is 0. The third-order valence-electron chi connectivity index (χ3n) is 3.58. The summed E-state index contributed by atoms with van der Waals surface area (Å²) in [6.07, 6.45) is 5.54. The molecule has 104 valence electrons. The lowest BCUT2D eigenvalue weighted by atomic mass is 9.98. The van der Waals surface area contributed by atoms with Crippen molar-refractivity contribution < 1.29 is 14.3 Å². The van der Waals surface area contributed by atoms with Crippen molar-refractivity contribution in [3.05, 3.63) is 0 Å². The van der Waals surface area contributed by atoms with Gasteiger partial charge >= 0.3 is 5.97 Å². The summed E-state index contributed by atoms with van der Waals surface area (Å²) >= 11 is 0. The minimum absolute atomic E-state index is 0.0957. The average Bonchev–Trinajstić information content (AvgIpc) is 2.53. The van der Waals surface area contributed by atoms with Crippen LogP contribution < -0.4 is 0 Å². The van der Waals surface area contributed by atoms with Crippen LogP contribution in [0.4, 0.5) is 0 Å². The highest BCUT2D eigenvalue weighted by atomic mass is 16.5. The molecule has 1 atom stereocenters. The van der Waals surface area contributed by atoms with Crippen molar-refractivity contribution in [2.24, 2.45) is 5.92 Å². The number of carbonyl (C=O) groups is 2. The molecule has 0 N–H and O–H groups in total. The molecule has 0 aromatic rings. The first-order valence-corrected chi connectivity index (χ1v) is 7.10. The Morgan fingerprint density at radius 1 is 1.39 bits per heavy atom. The Bertz CT molecular complexity index is 278. The smallest absolute Gasteiger partial charge is 0.325 e. The first kappa shape index (κ1) is 15.0. The fourth-order valence-electron chi connectivity index (χ4n) is 2.20. The van der Waals surface area contributed by atoms with Gasteiger partial charge in [-0.25, -0.2) is 0 Å². The van der Waals surface area contributed by atoms with Crippen molar-refractivity contribution in [2.75, 3.05) is 19.7 Å². The van der Waals surface area contributed by atoms with E-state index in [1.165, 1.54) is 0 Å². The van der Waals surface area contributed by atoms with E-state index < -0.39 is 0 Å². The zero-order chi connectivity index (χ0) is 13.4. The number of nitrogens with zero attached hydrogens (tertiary/aromatic N) is 1. The molecule has 4 nitrogen and oxygen atoms in total. The SMILES string of the molecule is CCCCOC(=O)CN1CCC(CC)CCC1=O. The van der Waals surface area contributed by atoms with Crippen LogP contribution in [-0.4, -0.2) is 36.5 Å². The molecular formula is C14H25NO3. The maximum Gasteiger partial charge on any atom is 0.325 e. The summed E-state index contributed by atoms with van der Waals surface area (Å²) < 4.78 is 5.09. The summed E-state index contributed by atoms with van der Waals surface area (Å²) in [5.41, 5.74) is 0. The van der Waals surface area contributed by atoms with Crippen LogP contribution in [0.25, 0.3) is 0 Å². The van der Waals surface area contributed by atoms with Crippen LogP contribution in [0.1, 0.15) is 52.4 Å². The van der Waals surface area contributed by atoms with E-state index in [4.69, 9.17) is 4.74 Å². The Balaban J connectivity index is 2.35. The lowest BCUT2D eigenvalue weighted by Crippen LogP contribution is -2.36. The van der Waals surface area contributed by atoms with Gasteiger partial charge in [0.05, 0.1) is 6.61 Å². The molecule has 4 heteroatoms. The van der Waals surface area contributed by atoms with Crippen LogP contribution in [0.3, 0.4) is 0 Å². The molecule has 0 saturated carbocycles. The highest BCUT2D eigenvalue weighted by Gasteiger charge is 2.23. The summed E-state index contributed by atoms with van der Waals surface area (Å²) in [5.74, 6) is 0.445. The summed E-state index contributed by atoms with van der Waals surface area (Å²) in [7, 11) is 0. The van der Waals surface area contributed by atoms with Gasteiger partial charge in [0.25, 0.3) is 0 Å². The van der Waals surface area contributed by atoms with Crippen LogP contribution in [0.2, 0.25) is 0 Å². The predicted octanol–water partition coefficient (Wildman–Crippen LogP) is 2.37. The minimum Gasteiger partial charge on any atom is -0.464 e. The number of rotatable bonds is 6. The number of unbranched alkanes of at least 4 members (excludes halogenated alkanes) is 1. The molecule has 0 bridgehead atoms. The third kappa shape index (κ3) is 5.07. The summed E-state index contributed by atoms with van der Waals surface area (Å²) in [6, 6.07) is 0. The number of carbonyl (C=O) groups excluding carboxylic acids is 2. The molecule has 1 aliphatic rings. The van der Waals surface area contributed by atoms with Crippen molar-refractivity contribution in [1.29, 1.82) is 0 Å². The van der Waals surface area contributed by atoms with Crippen LogP contribution in [0.15, 0.2) is 0 Å². The van der Waals surface area contributed by atoms with Crippen LogP contribution in [-0.2, 0) is 14.3 Å². The Kier molecular flexibility index (Phi) is 6.76. The number of hydrogen-bond donors (Lipinski definition) is 0. The van der Waals surface area contributed by atoms with Gasteiger partial charge in [-0.1, -0.05) is 26.7 Å². The lowest BCUT2D eigenvalue weighted by molar-refractivity contribution is -0.149. The fourth-order valence-corrected chi connectivity index (χ4v) is 2.20. The number of likely N-dealkylation sites (tertiary alicyclic amines) is 1. The molecule has 0 radical (unpaired) electrons. The van der Waals surface area contributed by atoms with Crippen LogP contribution >= 0.6 is 0 Å². The van der Waals surface area contributed by atoms with E-state index >= 15 is 0 Å². The van der Waals surface area contributed by atoms with E-state index in [0.29, 0.717) is 25.5 Å².